The molecule has 188 valence electrons. The van der Waals surface area contributed by atoms with E-state index in [0.717, 1.165) is 22.0 Å². The molecule has 0 radical (unpaired) electrons. The van der Waals surface area contributed by atoms with Crippen LogP contribution < -0.4 is 10.4 Å². The third kappa shape index (κ3) is 3.44. The van der Waals surface area contributed by atoms with Crippen molar-refractivity contribution in [1.29, 1.82) is 0 Å². The monoisotopic (exact) mass is 534 g/mol. The van der Waals surface area contributed by atoms with Crippen LogP contribution in [0, 0.1) is 6.92 Å². The number of H-pyrrole nitrogens is 1. The number of aromatic nitrogens is 5. The van der Waals surface area contributed by atoms with Crippen molar-refractivity contribution in [3.8, 4) is 17.1 Å². The maximum atomic E-state index is 12.6. The lowest BCUT2D eigenvalue weighted by molar-refractivity contribution is 0.588. The van der Waals surface area contributed by atoms with Crippen LogP contribution in [0.4, 0.5) is 0 Å². The lowest BCUT2D eigenvalue weighted by Gasteiger charge is -2.12. The van der Waals surface area contributed by atoms with Crippen molar-refractivity contribution in [2.75, 3.05) is 7.05 Å². The molecular formula is C26H23ClN6O3S. The van der Waals surface area contributed by atoms with Crippen LogP contribution in [0.25, 0.3) is 50.0 Å². The first-order valence-electron chi connectivity index (χ1n) is 11.5. The minimum absolute atomic E-state index is 0.115. The molecule has 0 aliphatic rings. The smallest absolute Gasteiger partial charge is 0.328 e. The summed E-state index contributed by atoms with van der Waals surface area (Å²) in [5.74, 6) is 0.612. The van der Waals surface area contributed by atoms with Gasteiger partial charge in [-0.1, -0.05) is 23.7 Å². The van der Waals surface area contributed by atoms with Crippen LogP contribution in [0.1, 0.15) is 5.56 Å². The molecule has 3 heterocycles. The highest BCUT2D eigenvalue weighted by atomic mass is 35.5. The fourth-order valence-corrected chi connectivity index (χ4v) is 6.00. The molecule has 11 heteroatoms. The zero-order valence-corrected chi connectivity index (χ0v) is 22.1. The molecule has 0 unspecified atom stereocenters. The number of nitrogens with one attached hydrogen (secondary N) is 2. The van der Waals surface area contributed by atoms with Gasteiger partial charge in [-0.15, -0.1) is 0 Å². The molecule has 0 atom stereocenters. The zero-order chi connectivity index (χ0) is 26.2. The van der Waals surface area contributed by atoms with Gasteiger partial charge in [-0.05, 0) is 55.9 Å². The average Bonchev–Trinajstić information content (AvgIpc) is 3.52. The summed E-state index contributed by atoms with van der Waals surface area (Å²) in [7, 11) is 1.05. The van der Waals surface area contributed by atoms with Gasteiger partial charge < -0.3 is 4.98 Å². The number of hydrogen-bond donors (Lipinski definition) is 2. The van der Waals surface area contributed by atoms with Crippen molar-refractivity contribution in [3.05, 3.63) is 75.8 Å². The molecule has 6 aromatic rings. The Bertz CT molecular complexity index is 2060. The normalized spacial score (nSPS) is 12.4. The van der Waals surface area contributed by atoms with Crippen LogP contribution in [-0.4, -0.2) is 39.1 Å². The Morgan fingerprint density at radius 2 is 1.78 bits per heavy atom. The summed E-state index contributed by atoms with van der Waals surface area (Å²) in [4.78, 5) is 21.0. The zero-order valence-electron chi connectivity index (χ0n) is 20.5. The Labute approximate surface area is 217 Å². The lowest BCUT2D eigenvalue weighted by Crippen LogP contribution is -2.19. The topological polar surface area (TPSA) is 107 Å². The minimum Gasteiger partial charge on any atom is -0.360 e. The Morgan fingerprint density at radius 3 is 2.54 bits per heavy atom. The van der Waals surface area contributed by atoms with E-state index < -0.39 is 10.0 Å². The molecular weight excluding hydrogens is 512 g/mol. The van der Waals surface area contributed by atoms with E-state index in [4.69, 9.17) is 16.6 Å². The van der Waals surface area contributed by atoms with Crippen LogP contribution in [0.2, 0.25) is 5.02 Å². The number of aromatic amines is 1. The second-order valence-electron chi connectivity index (χ2n) is 9.08. The number of fused-ring (bicyclic) bond motifs is 3. The molecule has 6 rings (SSSR count). The lowest BCUT2D eigenvalue weighted by atomic mass is 10.1. The van der Waals surface area contributed by atoms with Gasteiger partial charge in [-0.25, -0.2) is 22.9 Å². The Morgan fingerprint density at radius 1 is 1.00 bits per heavy atom. The molecule has 3 aromatic carbocycles. The highest BCUT2D eigenvalue weighted by Crippen LogP contribution is 2.36. The number of imidazole rings is 2. The molecule has 0 bridgehead atoms. The van der Waals surface area contributed by atoms with Gasteiger partial charge in [0.2, 0.25) is 10.0 Å². The SMILES string of the molecule is CNS(=O)(=O)c1ccc2nc(-c3c[nH]c4cc(C)ccc34)n(-c3cc(Cl)c4c(c3)n(C)c(=O)n4C)c2c1. The van der Waals surface area contributed by atoms with Gasteiger partial charge >= 0.3 is 5.69 Å². The highest BCUT2D eigenvalue weighted by Gasteiger charge is 2.22. The van der Waals surface area contributed by atoms with Gasteiger partial charge in [-0.3, -0.25) is 13.7 Å². The van der Waals surface area contributed by atoms with Gasteiger partial charge in [0.05, 0.1) is 37.7 Å². The molecule has 0 aliphatic carbocycles. The molecule has 0 fully saturated rings. The molecule has 0 aliphatic heterocycles. The average molecular weight is 535 g/mol. The van der Waals surface area contributed by atoms with Gasteiger partial charge in [0.1, 0.15) is 5.82 Å². The third-order valence-corrected chi connectivity index (χ3v) is 8.54. The summed E-state index contributed by atoms with van der Waals surface area (Å²) in [5.41, 5.74) is 5.86. The minimum atomic E-state index is -3.70. The predicted molar refractivity (Wildman–Crippen MR) is 146 cm³/mol. The summed E-state index contributed by atoms with van der Waals surface area (Å²) in [6, 6.07) is 14.6. The molecule has 0 spiro atoms. The molecule has 37 heavy (non-hydrogen) atoms. The van der Waals surface area contributed by atoms with E-state index >= 15 is 0 Å². The van der Waals surface area contributed by atoms with Gasteiger partial charge in [-0.2, -0.15) is 0 Å². The fraction of sp³-hybridized carbons (Fsp3) is 0.154. The number of benzene rings is 3. The number of rotatable bonds is 4. The van der Waals surface area contributed by atoms with E-state index in [1.165, 1.54) is 22.2 Å². The van der Waals surface area contributed by atoms with Crippen LogP contribution in [0.5, 0.6) is 0 Å². The number of nitrogens with zero attached hydrogens (tertiary/aromatic N) is 4. The van der Waals surface area contributed by atoms with Gasteiger partial charge in [0, 0.05) is 36.8 Å². The van der Waals surface area contributed by atoms with E-state index in [0.29, 0.717) is 38.6 Å². The Balaban J connectivity index is 1.74. The molecule has 0 saturated heterocycles. The maximum absolute atomic E-state index is 12.6. The van der Waals surface area contributed by atoms with Crippen molar-refractivity contribution in [3.63, 3.8) is 0 Å². The van der Waals surface area contributed by atoms with E-state index in [1.807, 2.05) is 35.9 Å². The van der Waals surface area contributed by atoms with Crippen molar-refractivity contribution >= 4 is 54.6 Å². The van der Waals surface area contributed by atoms with E-state index in [2.05, 4.69) is 15.8 Å². The van der Waals surface area contributed by atoms with Crippen molar-refractivity contribution < 1.29 is 8.42 Å². The van der Waals surface area contributed by atoms with Crippen LogP contribution in [0.3, 0.4) is 0 Å². The van der Waals surface area contributed by atoms with Crippen LogP contribution in [-0.2, 0) is 24.1 Å². The largest absolute Gasteiger partial charge is 0.360 e. The number of hydrogen-bond acceptors (Lipinski definition) is 4. The van der Waals surface area contributed by atoms with Crippen LogP contribution in [0.15, 0.2) is 64.4 Å². The summed E-state index contributed by atoms with van der Waals surface area (Å²) in [6.45, 7) is 2.03. The second-order valence-corrected chi connectivity index (χ2v) is 11.4. The molecule has 2 N–H and O–H groups in total. The Hall–Kier alpha value is -3.86. The first kappa shape index (κ1) is 23.5. The predicted octanol–water partition coefficient (Wildman–Crippen LogP) is 4.23. The first-order chi connectivity index (χ1) is 17.6. The maximum Gasteiger partial charge on any atom is 0.328 e. The summed E-state index contributed by atoms with van der Waals surface area (Å²) in [6.07, 6.45) is 1.89. The number of aryl methyl sites for hydroxylation is 3. The summed E-state index contributed by atoms with van der Waals surface area (Å²) in [5, 5.41) is 1.37. The van der Waals surface area contributed by atoms with E-state index in [-0.39, 0.29) is 10.6 Å². The van der Waals surface area contributed by atoms with Gasteiger partial charge in [0.25, 0.3) is 0 Å². The fourth-order valence-electron chi connectivity index (χ4n) is 4.92. The van der Waals surface area contributed by atoms with Crippen molar-refractivity contribution in [1.82, 2.24) is 28.4 Å². The summed E-state index contributed by atoms with van der Waals surface area (Å²) >= 11 is 6.72. The third-order valence-electron chi connectivity index (χ3n) is 6.84. The van der Waals surface area contributed by atoms with E-state index in [9.17, 15) is 13.2 Å². The quantitative estimate of drug-likeness (QED) is 0.353. The standard InChI is InChI=1S/C26H23ClN6O3S/c1-14-5-7-17-18(13-29-21(17)9-14)25-30-20-8-6-16(37(35,36)28-2)12-22(20)33(25)15-10-19(27)24-23(11-15)31(3)26(34)32(24)4/h5-13,28-29H,1-4H3. The van der Waals surface area contributed by atoms with Crippen molar-refractivity contribution in [2.24, 2.45) is 14.1 Å². The van der Waals surface area contributed by atoms with Gasteiger partial charge in [0.15, 0.2) is 0 Å². The van der Waals surface area contributed by atoms with Crippen molar-refractivity contribution in [2.45, 2.75) is 11.8 Å². The Kier molecular flexibility index (Phi) is 5.13. The molecule has 0 amide bonds. The summed E-state index contributed by atoms with van der Waals surface area (Å²) < 4.78 is 32.6. The second kappa shape index (κ2) is 8.07. The highest BCUT2D eigenvalue weighted by molar-refractivity contribution is 7.89. The number of sulfonamides is 1. The molecule has 3 aromatic heterocycles. The van der Waals surface area contributed by atoms with E-state index in [1.54, 1.807) is 32.3 Å². The number of halogens is 1. The molecule has 9 nitrogen and oxygen atoms in total. The molecule has 0 saturated carbocycles. The first-order valence-corrected chi connectivity index (χ1v) is 13.4. The van der Waals surface area contributed by atoms with Crippen LogP contribution >= 0.6 is 11.6 Å².